The third kappa shape index (κ3) is 3.75. The van der Waals surface area contributed by atoms with Gasteiger partial charge in [0.25, 0.3) is 5.56 Å². The molecule has 0 spiro atoms. The van der Waals surface area contributed by atoms with E-state index in [1.54, 1.807) is 7.05 Å². The van der Waals surface area contributed by atoms with Crippen molar-refractivity contribution in [1.29, 1.82) is 0 Å². The van der Waals surface area contributed by atoms with Crippen molar-refractivity contribution in [1.82, 2.24) is 14.5 Å². The minimum absolute atomic E-state index is 0.0585. The van der Waals surface area contributed by atoms with E-state index in [1.807, 2.05) is 37.3 Å². The molecule has 0 aliphatic heterocycles. The molecule has 0 saturated carbocycles. The van der Waals surface area contributed by atoms with Crippen molar-refractivity contribution < 1.29 is 14.7 Å². The molecule has 1 aromatic carbocycles. The van der Waals surface area contributed by atoms with Crippen molar-refractivity contribution in [3.8, 4) is 0 Å². The minimum atomic E-state index is -1.18. The second-order valence-electron chi connectivity index (χ2n) is 6.14. The maximum absolute atomic E-state index is 12.9. The van der Waals surface area contributed by atoms with E-state index in [4.69, 9.17) is 0 Å². The largest absolute Gasteiger partial charge is 0.478 e. The minimum Gasteiger partial charge on any atom is -0.478 e. The first-order valence-corrected chi connectivity index (χ1v) is 9.32. The van der Waals surface area contributed by atoms with Crippen molar-refractivity contribution in [2.45, 2.75) is 26.4 Å². The smallest absolute Gasteiger partial charge is 0.337 e. The van der Waals surface area contributed by atoms with Crippen molar-refractivity contribution in [3.63, 3.8) is 0 Å². The highest BCUT2D eigenvalue weighted by Gasteiger charge is 2.21. The van der Waals surface area contributed by atoms with Gasteiger partial charge in [0.2, 0.25) is 5.91 Å². The van der Waals surface area contributed by atoms with E-state index in [2.05, 4.69) is 4.98 Å². The van der Waals surface area contributed by atoms with Gasteiger partial charge in [-0.25, -0.2) is 9.78 Å². The Hall–Kier alpha value is -3.00. The van der Waals surface area contributed by atoms with Crippen LogP contribution in [0.5, 0.6) is 0 Å². The van der Waals surface area contributed by atoms with E-state index < -0.39 is 11.5 Å². The van der Waals surface area contributed by atoms with Crippen LogP contribution in [0.3, 0.4) is 0 Å². The molecule has 0 fully saturated rings. The van der Waals surface area contributed by atoms with Crippen LogP contribution in [0.2, 0.25) is 0 Å². The zero-order valence-electron chi connectivity index (χ0n) is 15.0. The summed E-state index contributed by atoms with van der Waals surface area (Å²) in [5, 5.41) is 10.8. The van der Waals surface area contributed by atoms with Crippen LogP contribution in [0, 0.1) is 0 Å². The summed E-state index contributed by atoms with van der Waals surface area (Å²) in [5.74, 6) is -0.958. The maximum atomic E-state index is 12.9. The molecule has 0 saturated heterocycles. The highest BCUT2D eigenvalue weighted by atomic mass is 32.1. The van der Waals surface area contributed by atoms with Gasteiger partial charge in [-0.05, 0) is 5.56 Å². The quantitative estimate of drug-likeness (QED) is 0.703. The fraction of sp³-hybridized carbons (Fsp3) is 0.263. The molecule has 7 nitrogen and oxygen atoms in total. The Bertz CT molecular complexity index is 1060. The summed E-state index contributed by atoms with van der Waals surface area (Å²) >= 11 is 1.12. The molecule has 0 unspecified atom stereocenters. The van der Waals surface area contributed by atoms with Crippen molar-refractivity contribution >= 4 is 33.4 Å². The lowest BCUT2D eigenvalue weighted by atomic mass is 10.2. The summed E-state index contributed by atoms with van der Waals surface area (Å²) in [6.07, 6.45) is 0.459. The third-order valence-corrected chi connectivity index (χ3v) is 5.17. The number of carboxylic acids is 1. The number of fused-ring (bicyclic) bond motifs is 1. The Morgan fingerprint density at radius 2 is 1.96 bits per heavy atom. The van der Waals surface area contributed by atoms with Crippen LogP contribution < -0.4 is 5.56 Å². The lowest BCUT2D eigenvalue weighted by molar-refractivity contribution is -0.131. The highest BCUT2D eigenvalue weighted by Crippen LogP contribution is 2.22. The first kappa shape index (κ1) is 18.8. The number of benzene rings is 1. The van der Waals surface area contributed by atoms with Gasteiger partial charge < -0.3 is 10.0 Å². The average Bonchev–Trinajstić information content (AvgIpc) is 3.09. The number of rotatable bonds is 6. The fourth-order valence-corrected chi connectivity index (χ4v) is 3.78. The van der Waals surface area contributed by atoms with Gasteiger partial charge in [-0.15, -0.1) is 11.3 Å². The van der Waals surface area contributed by atoms with E-state index >= 15 is 0 Å². The molecule has 3 rings (SSSR count). The molecule has 2 heterocycles. The number of thiophene rings is 1. The van der Waals surface area contributed by atoms with Crippen LogP contribution >= 0.6 is 11.3 Å². The molecule has 0 radical (unpaired) electrons. The number of carbonyl (C=O) groups is 2. The number of aryl methyl sites for hydroxylation is 1. The predicted octanol–water partition coefficient (Wildman–Crippen LogP) is 2.38. The number of aromatic nitrogens is 2. The van der Waals surface area contributed by atoms with Crippen LogP contribution in [0.15, 0.2) is 40.5 Å². The number of likely N-dealkylation sites (N-methyl/N-ethyl adjacent to an activating group) is 1. The monoisotopic (exact) mass is 385 g/mol. The highest BCUT2D eigenvalue weighted by molar-refractivity contribution is 7.17. The maximum Gasteiger partial charge on any atom is 0.337 e. The van der Waals surface area contributed by atoms with E-state index in [-0.39, 0.29) is 23.4 Å². The molecular weight excluding hydrogens is 366 g/mol. The van der Waals surface area contributed by atoms with Crippen molar-refractivity contribution in [2.75, 3.05) is 7.05 Å². The Balaban J connectivity index is 1.94. The van der Waals surface area contributed by atoms with Gasteiger partial charge in [0.1, 0.15) is 17.2 Å². The Morgan fingerprint density at radius 1 is 1.26 bits per heavy atom. The molecule has 0 bridgehead atoms. The molecule has 3 aromatic rings. The number of carbonyl (C=O) groups excluding carboxylic acids is 1. The van der Waals surface area contributed by atoms with Gasteiger partial charge in [0, 0.05) is 25.4 Å². The van der Waals surface area contributed by atoms with Gasteiger partial charge in [0.05, 0.1) is 10.9 Å². The summed E-state index contributed by atoms with van der Waals surface area (Å²) in [6, 6.07) is 9.54. The topological polar surface area (TPSA) is 92.5 Å². The number of hydrogen-bond acceptors (Lipinski definition) is 5. The zero-order valence-corrected chi connectivity index (χ0v) is 15.8. The normalized spacial score (nSPS) is 10.9. The van der Waals surface area contributed by atoms with Gasteiger partial charge in [-0.1, -0.05) is 37.3 Å². The standard InChI is InChI=1S/C19H19N3O4S/c1-3-14-20-17-16(13(11-27-17)19(25)26)18(24)22(14)10-15(23)21(2)9-12-7-5-4-6-8-12/h4-8,11H,3,9-10H2,1-2H3,(H,25,26). The van der Waals surface area contributed by atoms with Gasteiger partial charge in [-0.2, -0.15) is 0 Å². The molecule has 1 N–H and O–H groups in total. The molecule has 140 valence electrons. The number of nitrogens with zero attached hydrogens (tertiary/aromatic N) is 3. The van der Waals surface area contributed by atoms with Crippen molar-refractivity contribution in [2.24, 2.45) is 0 Å². The van der Waals surface area contributed by atoms with Crippen LogP contribution in [0.1, 0.15) is 28.7 Å². The second kappa shape index (κ2) is 7.71. The predicted molar refractivity (Wildman–Crippen MR) is 103 cm³/mol. The Labute approximate surface area is 159 Å². The number of aromatic carboxylic acids is 1. The summed E-state index contributed by atoms with van der Waals surface area (Å²) in [7, 11) is 1.67. The van der Waals surface area contributed by atoms with Crippen LogP contribution in [-0.2, 0) is 24.3 Å². The zero-order chi connectivity index (χ0) is 19.6. The molecular formula is C19H19N3O4S. The first-order chi connectivity index (χ1) is 12.9. The van der Waals surface area contributed by atoms with E-state index in [9.17, 15) is 19.5 Å². The molecule has 0 atom stereocenters. The molecule has 0 aliphatic carbocycles. The molecule has 8 heteroatoms. The number of carboxylic acid groups (broad SMARTS) is 1. The molecule has 1 amide bonds. The summed E-state index contributed by atoms with van der Waals surface area (Å²) in [4.78, 5) is 43.3. The van der Waals surface area contributed by atoms with E-state index in [1.165, 1.54) is 14.8 Å². The van der Waals surface area contributed by atoms with Gasteiger partial charge in [-0.3, -0.25) is 14.2 Å². The molecule has 2 aromatic heterocycles. The number of amides is 1. The van der Waals surface area contributed by atoms with Crippen LogP contribution in [-0.4, -0.2) is 38.5 Å². The SMILES string of the molecule is CCc1nc2scc(C(=O)O)c2c(=O)n1CC(=O)N(C)Cc1ccccc1. The fourth-order valence-electron chi connectivity index (χ4n) is 2.86. The van der Waals surface area contributed by atoms with Gasteiger partial charge in [0.15, 0.2) is 0 Å². The molecule has 0 aliphatic rings. The van der Waals surface area contributed by atoms with E-state index in [0.29, 0.717) is 23.6 Å². The van der Waals surface area contributed by atoms with Gasteiger partial charge >= 0.3 is 5.97 Å². The first-order valence-electron chi connectivity index (χ1n) is 8.44. The summed E-state index contributed by atoms with van der Waals surface area (Å²) < 4.78 is 1.28. The average molecular weight is 385 g/mol. The lowest BCUT2D eigenvalue weighted by Gasteiger charge is -2.19. The van der Waals surface area contributed by atoms with E-state index in [0.717, 1.165) is 16.9 Å². The molecule has 27 heavy (non-hydrogen) atoms. The van der Waals surface area contributed by atoms with Crippen molar-refractivity contribution in [3.05, 3.63) is 63.0 Å². The summed E-state index contributed by atoms with van der Waals surface area (Å²) in [6.45, 7) is 2.08. The number of hydrogen-bond donors (Lipinski definition) is 1. The lowest BCUT2D eigenvalue weighted by Crippen LogP contribution is -2.35. The Morgan fingerprint density at radius 3 is 2.59 bits per heavy atom. The Kier molecular flexibility index (Phi) is 5.36. The third-order valence-electron chi connectivity index (χ3n) is 4.30. The van der Waals surface area contributed by atoms with Crippen LogP contribution in [0.4, 0.5) is 0 Å². The van der Waals surface area contributed by atoms with Crippen LogP contribution in [0.25, 0.3) is 10.2 Å². The second-order valence-corrected chi connectivity index (χ2v) is 7.00. The summed E-state index contributed by atoms with van der Waals surface area (Å²) in [5.41, 5.74) is 0.418.